The van der Waals surface area contributed by atoms with Crippen molar-refractivity contribution < 1.29 is 136 Å². The third kappa shape index (κ3) is 42.6. The van der Waals surface area contributed by atoms with E-state index in [1.807, 2.05) is 0 Å². The maximum Gasteiger partial charge on any atom is 0.325 e. The first-order valence-corrected chi connectivity index (χ1v) is 50.2. The molecule has 0 bridgehead atoms. The highest BCUT2D eigenvalue weighted by molar-refractivity contribution is 6.03. The molecule has 51 nitrogen and oxygen atoms in total. The lowest BCUT2D eigenvalue weighted by Crippen LogP contribution is -2.62. The van der Waals surface area contributed by atoms with Gasteiger partial charge in [0.15, 0.2) is 0 Å². The number of carboxylic acids is 1. The number of carbonyl (C=O) groups is 23. The first-order chi connectivity index (χ1) is 70.0. The molecule has 2 aromatic carbocycles. The molecule has 2 aliphatic heterocycles. The van der Waals surface area contributed by atoms with Crippen molar-refractivity contribution >= 4 is 136 Å². The van der Waals surface area contributed by atoms with Crippen LogP contribution in [0.3, 0.4) is 0 Å². The molecule has 2 heterocycles. The molecular formula is C98H155N23O28. The van der Waals surface area contributed by atoms with E-state index in [-0.39, 0.29) is 101 Å². The highest BCUT2D eigenvalue weighted by Crippen LogP contribution is 2.25. The van der Waals surface area contributed by atoms with Crippen molar-refractivity contribution in [2.45, 2.75) is 322 Å². The first kappa shape index (κ1) is 127. The van der Waals surface area contributed by atoms with Gasteiger partial charge in [-0.3, -0.25) is 110 Å². The number of benzene rings is 2. The van der Waals surface area contributed by atoms with E-state index < -0.39 is 321 Å². The average molecular weight is 2100 g/mol. The zero-order chi connectivity index (χ0) is 112. The van der Waals surface area contributed by atoms with E-state index in [9.17, 15) is 136 Å². The summed E-state index contributed by atoms with van der Waals surface area (Å²) in [6, 6.07) is -11.9. The number of likely N-dealkylation sites (tertiary alicyclic amines) is 2. The normalized spacial score (nSPS) is 17.3. The van der Waals surface area contributed by atoms with Crippen molar-refractivity contribution in [2.75, 3.05) is 45.9 Å². The number of rotatable bonds is 63. The van der Waals surface area contributed by atoms with Crippen molar-refractivity contribution in [1.82, 2.24) is 106 Å². The van der Waals surface area contributed by atoms with Gasteiger partial charge in [0.05, 0.1) is 51.4 Å². The zero-order valence-electron chi connectivity index (χ0n) is 87.4. The van der Waals surface area contributed by atoms with Crippen molar-refractivity contribution in [3.05, 3.63) is 65.7 Å². The number of nitrogens with zero attached hydrogens (tertiary/aromatic N) is 2. The fourth-order valence-corrected chi connectivity index (χ4v) is 16.1. The van der Waals surface area contributed by atoms with Gasteiger partial charge in [0.1, 0.15) is 108 Å². The Bertz CT molecular complexity index is 4950. The standard InChI is InChI=1S/C98H155N23O28/c1-17-51(10)77(116-76(130)45-103-84(134)68(46-122)115-94(144)79(53(12)19-3)118-83(133)61(99)40-58-25-21-20-22-26-58)93(143)110-62(33-34-72(100)126)85(135)112-65(41-59-29-31-60(125)32-30-59)88(138)111-64(38-49(6)7)86(136)105-54(13)81(131)102-43-74(128)108-63(37-48(4)5)87(137)114-69(47-123)89(139)119-80(57(16)124)95(145)113-66(39-50(8)9)96(146)120-35-23-27-70(120)90(140)104-44-75(129)109-67(42-73(101)127)97(147)121-36-24-28-71(121)91(141)106-55(14)82(132)117-78(52(11)18-2)92(142)107-56(15)98(148)149/h20-22,25-26,29-32,48-57,61-71,77-80,122-125H,17-19,23-24,27-28,33-47,99H2,1-16H3,(H2,100,126)(H2,101,127)(H,102,131)(H,103,134)(H,104,140)(H,105,136)(H,106,141)(H,107,142)(H,108,128)(H,109,129)(H,110,143)(H,111,138)(H,112,135)(H,113,145)(H,114,137)(H,115,144)(H,116,130)(H,117,132)(H,118,133)(H,119,139)(H,148,149)/t51-,52-,53-,54-,55-,56-,57+,61-,62-,63-,64-,65-,66-,67-,68-,69-,70-,71-,77-,78-,79-,80-/m0/s1. The van der Waals surface area contributed by atoms with Gasteiger partial charge in [0, 0.05) is 25.9 Å². The van der Waals surface area contributed by atoms with Gasteiger partial charge in [-0.25, -0.2) is 0 Å². The number of carboxylic acid groups (broad SMARTS) is 1. The van der Waals surface area contributed by atoms with E-state index in [1.54, 1.807) is 113 Å². The monoisotopic (exact) mass is 2100 g/mol. The van der Waals surface area contributed by atoms with Crippen LogP contribution >= 0.6 is 0 Å². The summed E-state index contributed by atoms with van der Waals surface area (Å²) in [6.45, 7) is 20.5. The van der Waals surface area contributed by atoms with Crippen LogP contribution in [0.1, 0.15) is 205 Å². The van der Waals surface area contributed by atoms with Crippen LogP contribution < -0.4 is 113 Å². The molecule has 29 N–H and O–H groups in total. The number of aliphatic carboxylic acids is 1. The Hall–Kier alpha value is -14.1. The molecule has 22 amide bonds. The summed E-state index contributed by atoms with van der Waals surface area (Å²) >= 11 is 0. The third-order valence-corrected chi connectivity index (χ3v) is 25.3. The Kier molecular flexibility index (Phi) is 53.7. The summed E-state index contributed by atoms with van der Waals surface area (Å²) < 4.78 is 0. The summed E-state index contributed by atoms with van der Waals surface area (Å²) in [7, 11) is 0. The second-order valence-corrected chi connectivity index (χ2v) is 39.2. The number of hydrogen-bond acceptors (Lipinski definition) is 28. The minimum absolute atomic E-state index is 0.0393. The molecule has 4 rings (SSSR count). The molecule has 0 saturated carbocycles. The predicted octanol–water partition coefficient (Wildman–Crippen LogP) is -6.97. The largest absolute Gasteiger partial charge is 0.508 e. The Balaban J connectivity index is 1.41. The molecule has 0 aromatic heterocycles. The number of aromatic hydroxyl groups is 1. The quantitative estimate of drug-likeness (QED) is 0.0293. The minimum atomic E-state index is -1.90. The summed E-state index contributed by atoms with van der Waals surface area (Å²) in [5.41, 5.74) is 18.3. The Morgan fingerprint density at radius 1 is 0.362 bits per heavy atom. The van der Waals surface area contributed by atoms with Gasteiger partial charge in [-0.05, 0) is 144 Å². The molecule has 0 aliphatic carbocycles. The lowest BCUT2D eigenvalue weighted by Gasteiger charge is -2.31. The number of hydrogen-bond donors (Lipinski definition) is 26. The molecule has 149 heavy (non-hydrogen) atoms. The molecule has 51 heteroatoms. The van der Waals surface area contributed by atoms with Gasteiger partial charge in [-0.1, -0.05) is 145 Å². The van der Waals surface area contributed by atoms with E-state index in [4.69, 9.17) is 17.2 Å². The highest BCUT2D eigenvalue weighted by atomic mass is 16.4. The number of phenolic OH excluding ortho intramolecular Hbond substituents is 1. The highest BCUT2D eigenvalue weighted by Gasteiger charge is 2.45. The van der Waals surface area contributed by atoms with E-state index >= 15 is 0 Å². The van der Waals surface area contributed by atoms with E-state index in [0.29, 0.717) is 18.4 Å². The smallest absolute Gasteiger partial charge is 0.325 e. The van der Waals surface area contributed by atoms with Crippen LogP contribution in [-0.2, 0) is 123 Å². The minimum Gasteiger partial charge on any atom is -0.508 e. The van der Waals surface area contributed by atoms with E-state index in [1.165, 1.54) is 45.0 Å². The van der Waals surface area contributed by atoms with Crippen LogP contribution in [-0.4, -0.2) is 332 Å². The zero-order valence-corrected chi connectivity index (χ0v) is 87.4. The van der Waals surface area contributed by atoms with Gasteiger partial charge < -0.3 is 148 Å². The number of aliphatic hydroxyl groups excluding tert-OH is 3. The third-order valence-electron chi connectivity index (χ3n) is 25.3. The van der Waals surface area contributed by atoms with Gasteiger partial charge in [0.2, 0.25) is 130 Å². The first-order valence-electron chi connectivity index (χ1n) is 50.2. The molecule has 0 unspecified atom stereocenters. The van der Waals surface area contributed by atoms with Crippen LogP contribution in [0.2, 0.25) is 0 Å². The number of nitrogens with one attached hydrogen (secondary N) is 18. The van der Waals surface area contributed by atoms with Crippen molar-refractivity contribution in [3.63, 3.8) is 0 Å². The van der Waals surface area contributed by atoms with Crippen LogP contribution in [0.15, 0.2) is 54.6 Å². The Labute approximate surface area is 865 Å². The number of amides is 22. The summed E-state index contributed by atoms with van der Waals surface area (Å²) in [5.74, 6) is -25.0. The molecule has 22 atom stereocenters. The fourth-order valence-electron chi connectivity index (χ4n) is 16.1. The average Bonchev–Trinajstić information content (AvgIpc) is 1.71. The molecule has 0 radical (unpaired) electrons. The summed E-state index contributed by atoms with van der Waals surface area (Å²) in [6.07, 6.45) is -2.33. The Morgan fingerprint density at radius 2 is 0.738 bits per heavy atom. The summed E-state index contributed by atoms with van der Waals surface area (Å²) in [4.78, 5) is 317. The molecule has 2 aromatic rings. The lowest BCUT2D eigenvalue weighted by molar-refractivity contribution is -0.143. The number of carbonyl (C=O) groups excluding carboxylic acids is 22. The van der Waals surface area contributed by atoms with Gasteiger partial charge >= 0.3 is 5.97 Å². The van der Waals surface area contributed by atoms with Gasteiger partial charge in [0.25, 0.3) is 0 Å². The second-order valence-electron chi connectivity index (χ2n) is 39.2. The number of aliphatic hydroxyl groups is 3. The van der Waals surface area contributed by atoms with E-state index in [0.717, 1.165) is 22.3 Å². The van der Waals surface area contributed by atoms with Crippen molar-refractivity contribution in [2.24, 2.45) is 52.7 Å². The fraction of sp³-hybridized carbons (Fsp3) is 0.643. The Morgan fingerprint density at radius 3 is 1.24 bits per heavy atom. The topological polar surface area (TPSA) is 795 Å². The number of phenols is 1. The summed E-state index contributed by atoms with van der Waals surface area (Å²) in [5, 5.41) is 95.5. The van der Waals surface area contributed by atoms with Crippen LogP contribution in [0, 0.1) is 35.5 Å². The molecule has 0 spiro atoms. The van der Waals surface area contributed by atoms with E-state index in [2.05, 4.69) is 95.7 Å². The van der Waals surface area contributed by atoms with Gasteiger partial charge in [-0.2, -0.15) is 0 Å². The lowest BCUT2D eigenvalue weighted by atomic mass is 9.97. The maximum atomic E-state index is 14.7. The number of primary amides is 2. The van der Waals surface area contributed by atoms with Crippen LogP contribution in [0.4, 0.5) is 0 Å². The molecule has 2 fully saturated rings. The molecule has 830 valence electrons. The molecule has 2 aliphatic rings. The van der Waals surface area contributed by atoms with Gasteiger partial charge in [-0.15, -0.1) is 0 Å². The van der Waals surface area contributed by atoms with Crippen LogP contribution in [0.5, 0.6) is 5.75 Å². The molecular weight excluding hydrogens is 1950 g/mol. The van der Waals surface area contributed by atoms with Crippen LogP contribution in [0.25, 0.3) is 0 Å². The number of nitrogens with two attached hydrogens (primary N) is 3. The molecule has 2 saturated heterocycles. The van der Waals surface area contributed by atoms with Crippen molar-refractivity contribution in [1.29, 1.82) is 0 Å². The predicted molar refractivity (Wildman–Crippen MR) is 537 cm³/mol. The second kappa shape index (κ2) is 62.9. The van der Waals surface area contributed by atoms with Crippen molar-refractivity contribution in [3.8, 4) is 5.75 Å². The maximum absolute atomic E-state index is 14.7. The SMILES string of the molecule is CC[C@H](C)[C@H](NC(=O)CNC(=O)[C@H](CO)NC(=O)[C@@H](NC(=O)[C@@H](N)Cc1ccccc1)[C@@H](C)CC)C(=O)N[C@@H](CCC(N)=O)C(=O)N[C@@H](Cc1ccc(O)cc1)C(=O)N[C@@H](CC(C)C)C(=O)N[C@@H](C)C(=O)NCC(=O)N[C@@H](CC(C)C)C(=O)N[C@@H](CO)C(=O)N[C@H](C(=O)N[C@@H](CC(C)C)C(=O)N1CCC[C@H]1C(=O)NCC(=O)N[C@@H](CC(N)=O)C(=O)N1CCC[C@H]1C(=O)N[C@@H](C)C(=O)N[C@H](C(=O)N[C@@H](C)C(=O)O)[C@@H](C)CC)[C@@H](C)O.